The number of benzene rings is 3. The highest BCUT2D eigenvalue weighted by atomic mass is 16.5. The van der Waals surface area contributed by atoms with Crippen LogP contribution < -0.4 is 10.1 Å². The molecular formula is C24H19N3O3. The van der Waals surface area contributed by atoms with Crippen molar-refractivity contribution in [2.24, 2.45) is 0 Å². The highest BCUT2D eigenvalue weighted by molar-refractivity contribution is 6.06. The van der Waals surface area contributed by atoms with Crippen LogP contribution >= 0.6 is 0 Å². The Balaban J connectivity index is 1.47. The molecule has 4 aromatic rings. The second kappa shape index (κ2) is 8.45. The van der Waals surface area contributed by atoms with E-state index in [1.807, 2.05) is 36.4 Å². The number of imidazole rings is 1. The molecule has 4 rings (SSSR count). The minimum absolute atomic E-state index is 0.225. The molecule has 0 aliphatic carbocycles. The Bertz CT molecular complexity index is 1220. The van der Waals surface area contributed by atoms with Gasteiger partial charge in [0, 0.05) is 11.3 Å². The number of carbonyl (C=O) groups is 2. The topological polar surface area (TPSA) is 84.1 Å². The maximum absolute atomic E-state index is 12.5. The average Bonchev–Trinajstić information content (AvgIpc) is 3.22. The molecule has 0 spiro atoms. The summed E-state index contributed by atoms with van der Waals surface area (Å²) in [6, 6.07) is 21.6. The molecule has 30 heavy (non-hydrogen) atoms. The zero-order valence-electron chi connectivity index (χ0n) is 16.3. The molecule has 148 valence electrons. The second-order valence-corrected chi connectivity index (χ2v) is 6.61. The van der Waals surface area contributed by atoms with Crippen LogP contribution in [-0.4, -0.2) is 28.8 Å². The summed E-state index contributed by atoms with van der Waals surface area (Å²) in [7, 11) is 1.56. The van der Waals surface area contributed by atoms with E-state index < -0.39 is 0 Å². The zero-order chi connectivity index (χ0) is 20.9. The molecule has 0 atom stereocenters. The fraction of sp³-hybridized carbons (Fsp3) is 0.0417. The molecule has 0 saturated heterocycles. The number of nitrogens with zero attached hydrogens (tertiary/aromatic N) is 1. The van der Waals surface area contributed by atoms with E-state index >= 15 is 0 Å². The highest BCUT2D eigenvalue weighted by Crippen LogP contribution is 2.17. The van der Waals surface area contributed by atoms with E-state index in [1.54, 1.807) is 49.6 Å². The van der Waals surface area contributed by atoms with Crippen LogP contribution in [0.2, 0.25) is 0 Å². The van der Waals surface area contributed by atoms with Gasteiger partial charge in [0.05, 0.1) is 18.1 Å². The molecule has 2 N–H and O–H groups in total. The van der Waals surface area contributed by atoms with Gasteiger partial charge in [0.1, 0.15) is 5.75 Å². The molecule has 0 bridgehead atoms. The van der Waals surface area contributed by atoms with Crippen LogP contribution in [0.5, 0.6) is 5.75 Å². The summed E-state index contributed by atoms with van der Waals surface area (Å²) in [6.45, 7) is 0. The average molecular weight is 397 g/mol. The van der Waals surface area contributed by atoms with Crippen molar-refractivity contribution in [2.75, 3.05) is 12.4 Å². The van der Waals surface area contributed by atoms with E-state index in [0.29, 0.717) is 17.0 Å². The molecule has 0 radical (unpaired) electrons. The number of aromatic amines is 1. The van der Waals surface area contributed by atoms with Gasteiger partial charge in [-0.25, -0.2) is 4.98 Å². The molecule has 0 aliphatic heterocycles. The van der Waals surface area contributed by atoms with Crippen LogP contribution in [-0.2, 0) is 0 Å². The number of allylic oxidation sites excluding steroid dienone is 1. The number of ether oxygens (including phenoxy) is 1. The molecule has 1 aromatic heterocycles. The van der Waals surface area contributed by atoms with Crippen LogP contribution in [0.15, 0.2) is 78.9 Å². The van der Waals surface area contributed by atoms with Crippen LogP contribution in [0, 0.1) is 0 Å². The van der Waals surface area contributed by atoms with Gasteiger partial charge >= 0.3 is 0 Å². The number of anilines is 1. The number of carbonyl (C=O) groups excluding carboxylic acids is 2. The van der Waals surface area contributed by atoms with Crippen molar-refractivity contribution < 1.29 is 14.3 Å². The maximum atomic E-state index is 12.5. The van der Waals surface area contributed by atoms with Gasteiger partial charge in [-0.15, -0.1) is 0 Å². The number of methoxy groups -OCH3 is 1. The number of aromatic nitrogens is 2. The van der Waals surface area contributed by atoms with Crippen molar-refractivity contribution in [3.8, 4) is 5.75 Å². The lowest BCUT2D eigenvalue weighted by Gasteiger charge is -2.07. The van der Waals surface area contributed by atoms with Gasteiger partial charge in [-0.05, 0) is 54.1 Å². The van der Waals surface area contributed by atoms with Gasteiger partial charge in [0.15, 0.2) is 5.82 Å². The van der Waals surface area contributed by atoms with Gasteiger partial charge in [-0.2, -0.15) is 0 Å². The molecule has 6 nitrogen and oxygen atoms in total. The first-order valence-corrected chi connectivity index (χ1v) is 9.35. The molecule has 6 heteroatoms. The standard InChI is InChI=1S/C24H19N3O3/c1-30-19-9-5-7-17(15-19)24(29)25-18-8-4-6-16(14-18)12-13-22(28)23-26-20-10-2-3-11-21(20)27-23/h2-15H,1H3,(H,25,29)(H,26,27)/b13-12+. The predicted molar refractivity (Wildman–Crippen MR) is 117 cm³/mol. The van der Waals surface area contributed by atoms with E-state index in [4.69, 9.17) is 4.74 Å². The van der Waals surface area contributed by atoms with Crippen molar-refractivity contribution in [3.63, 3.8) is 0 Å². The van der Waals surface area contributed by atoms with Gasteiger partial charge in [-0.3, -0.25) is 9.59 Å². The number of rotatable bonds is 6. The minimum atomic E-state index is -0.242. The monoisotopic (exact) mass is 397 g/mol. The fourth-order valence-electron chi connectivity index (χ4n) is 3.01. The molecular weight excluding hydrogens is 378 g/mol. The van der Waals surface area contributed by atoms with Crippen molar-refractivity contribution in [3.05, 3.63) is 95.8 Å². The molecule has 0 fully saturated rings. The Hall–Kier alpha value is -4.19. The number of amides is 1. The Morgan fingerprint density at radius 2 is 1.83 bits per heavy atom. The Morgan fingerprint density at radius 1 is 1.00 bits per heavy atom. The van der Waals surface area contributed by atoms with Crippen molar-refractivity contribution in [2.45, 2.75) is 0 Å². The first-order valence-electron chi connectivity index (χ1n) is 9.35. The maximum Gasteiger partial charge on any atom is 0.255 e. The number of hydrogen-bond donors (Lipinski definition) is 2. The smallest absolute Gasteiger partial charge is 0.255 e. The largest absolute Gasteiger partial charge is 0.497 e. The number of nitrogens with one attached hydrogen (secondary N) is 2. The van der Waals surface area contributed by atoms with Crippen molar-refractivity contribution in [1.82, 2.24) is 9.97 Å². The molecule has 1 heterocycles. The Labute approximate surface area is 173 Å². The van der Waals surface area contributed by atoms with Gasteiger partial charge in [0.25, 0.3) is 5.91 Å². The van der Waals surface area contributed by atoms with Gasteiger partial charge < -0.3 is 15.0 Å². The first kappa shape index (κ1) is 19.1. The van der Waals surface area contributed by atoms with Crippen LogP contribution in [0.3, 0.4) is 0 Å². The first-order chi connectivity index (χ1) is 14.6. The SMILES string of the molecule is COc1cccc(C(=O)Nc2cccc(/C=C/C(=O)c3nc4ccccc4[nH]3)c2)c1. The number of para-hydroxylation sites is 2. The number of ketones is 1. The quantitative estimate of drug-likeness (QED) is 0.364. The number of H-pyrrole nitrogens is 1. The van der Waals surface area contributed by atoms with Crippen LogP contribution in [0.25, 0.3) is 17.1 Å². The van der Waals surface area contributed by atoms with Gasteiger partial charge in [0.2, 0.25) is 5.78 Å². The lowest BCUT2D eigenvalue weighted by molar-refractivity contribution is 0.102. The summed E-state index contributed by atoms with van der Waals surface area (Å²) in [4.78, 5) is 32.2. The lowest BCUT2D eigenvalue weighted by atomic mass is 10.1. The third kappa shape index (κ3) is 4.28. The molecule has 0 aliphatic rings. The van der Waals surface area contributed by atoms with E-state index in [9.17, 15) is 9.59 Å². The highest BCUT2D eigenvalue weighted by Gasteiger charge is 2.09. The minimum Gasteiger partial charge on any atom is -0.497 e. The molecule has 1 amide bonds. The van der Waals surface area contributed by atoms with Gasteiger partial charge in [-0.1, -0.05) is 36.4 Å². The van der Waals surface area contributed by atoms with E-state index in [2.05, 4.69) is 15.3 Å². The number of fused-ring (bicyclic) bond motifs is 1. The molecule has 3 aromatic carbocycles. The predicted octanol–water partition coefficient (Wildman–Crippen LogP) is 4.72. The van der Waals surface area contributed by atoms with Crippen molar-refractivity contribution in [1.29, 1.82) is 0 Å². The van der Waals surface area contributed by atoms with Crippen LogP contribution in [0.4, 0.5) is 5.69 Å². The fourth-order valence-corrected chi connectivity index (χ4v) is 3.01. The Morgan fingerprint density at radius 3 is 2.67 bits per heavy atom. The summed E-state index contributed by atoms with van der Waals surface area (Å²) in [6.07, 6.45) is 3.15. The summed E-state index contributed by atoms with van der Waals surface area (Å²) < 4.78 is 5.16. The van der Waals surface area contributed by atoms with Crippen molar-refractivity contribution >= 4 is 34.5 Å². The van der Waals surface area contributed by atoms with E-state index in [-0.39, 0.29) is 17.5 Å². The number of hydrogen-bond acceptors (Lipinski definition) is 4. The lowest BCUT2D eigenvalue weighted by Crippen LogP contribution is -2.11. The summed E-state index contributed by atoms with van der Waals surface area (Å²) in [5.41, 5.74) is 3.47. The Kier molecular flexibility index (Phi) is 5.39. The van der Waals surface area contributed by atoms with Crippen LogP contribution in [0.1, 0.15) is 26.5 Å². The summed E-state index contributed by atoms with van der Waals surface area (Å²) in [5.74, 6) is 0.434. The second-order valence-electron chi connectivity index (χ2n) is 6.61. The van der Waals surface area contributed by atoms with E-state index in [0.717, 1.165) is 16.6 Å². The third-order valence-electron chi connectivity index (χ3n) is 4.53. The molecule has 0 saturated carbocycles. The normalized spacial score (nSPS) is 11.0. The zero-order valence-corrected chi connectivity index (χ0v) is 16.3. The third-order valence-corrected chi connectivity index (χ3v) is 4.53. The molecule has 0 unspecified atom stereocenters. The summed E-state index contributed by atoms with van der Waals surface area (Å²) in [5, 5.41) is 2.86. The van der Waals surface area contributed by atoms with E-state index in [1.165, 1.54) is 6.08 Å². The summed E-state index contributed by atoms with van der Waals surface area (Å²) >= 11 is 0.